The largest absolute Gasteiger partial charge is 0.298 e. The number of rotatable bonds is 3. The van der Waals surface area contributed by atoms with Crippen molar-refractivity contribution in [3.63, 3.8) is 0 Å². The fourth-order valence-electron chi connectivity index (χ4n) is 1.70. The average molecular weight is 242 g/mol. The molecule has 0 bridgehead atoms. The third kappa shape index (κ3) is 2.77. The molecule has 0 saturated carbocycles. The van der Waals surface area contributed by atoms with Crippen molar-refractivity contribution < 1.29 is 4.79 Å². The van der Waals surface area contributed by atoms with Crippen molar-refractivity contribution >= 4 is 18.0 Å². The highest BCUT2D eigenvalue weighted by Gasteiger charge is 2.05. The zero-order valence-electron chi connectivity index (χ0n) is 9.94. The van der Waals surface area contributed by atoms with E-state index in [2.05, 4.69) is 32.0 Å². The van der Waals surface area contributed by atoms with Gasteiger partial charge in [-0.1, -0.05) is 47.7 Å². The van der Waals surface area contributed by atoms with E-state index in [0.717, 1.165) is 16.7 Å². The molecular weight excluding hydrogens is 228 g/mol. The smallest absolute Gasteiger partial charge is 0.151 e. The fraction of sp³-hybridized carbons (Fsp3) is 0.133. The number of hydrogen-bond acceptors (Lipinski definition) is 2. The molecule has 2 aromatic rings. The molecular formula is C15H14OS. The summed E-state index contributed by atoms with van der Waals surface area (Å²) < 4.78 is 0. The molecule has 1 nitrogen and oxygen atoms in total. The SMILES string of the molecule is Cc1ccc(Sc2ccccc2C=O)c(C)c1. The Balaban J connectivity index is 2.34. The van der Waals surface area contributed by atoms with E-state index in [9.17, 15) is 4.79 Å². The first-order chi connectivity index (χ1) is 8.20. The Morgan fingerprint density at radius 2 is 1.76 bits per heavy atom. The van der Waals surface area contributed by atoms with Gasteiger partial charge in [0.05, 0.1) is 0 Å². The summed E-state index contributed by atoms with van der Waals surface area (Å²) in [6.45, 7) is 4.18. The Hall–Kier alpha value is -1.54. The second-order valence-electron chi connectivity index (χ2n) is 4.03. The molecule has 17 heavy (non-hydrogen) atoms. The van der Waals surface area contributed by atoms with Crippen LogP contribution in [-0.4, -0.2) is 6.29 Å². The lowest BCUT2D eigenvalue weighted by atomic mass is 10.2. The molecule has 2 aromatic carbocycles. The molecule has 0 unspecified atom stereocenters. The van der Waals surface area contributed by atoms with Gasteiger partial charge in [0, 0.05) is 15.4 Å². The van der Waals surface area contributed by atoms with E-state index in [-0.39, 0.29) is 0 Å². The van der Waals surface area contributed by atoms with Crippen molar-refractivity contribution in [2.45, 2.75) is 23.6 Å². The normalized spacial score (nSPS) is 10.2. The van der Waals surface area contributed by atoms with Gasteiger partial charge in [-0.2, -0.15) is 0 Å². The van der Waals surface area contributed by atoms with E-state index < -0.39 is 0 Å². The molecule has 0 heterocycles. The van der Waals surface area contributed by atoms with Crippen LogP contribution in [0.15, 0.2) is 52.3 Å². The standard InChI is InChI=1S/C15H14OS/c1-11-7-8-14(12(2)9-11)17-15-6-4-3-5-13(15)10-16/h3-10H,1-2H3. The van der Waals surface area contributed by atoms with Gasteiger partial charge in [-0.25, -0.2) is 0 Å². The zero-order valence-corrected chi connectivity index (χ0v) is 10.8. The van der Waals surface area contributed by atoms with Crippen LogP contribution in [0.25, 0.3) is 0 Å². The van der Waals surface area contributed by atoms with E-state index in [1.54, 1.807) is 11.8 Å². The summed E-state index contributed by atoms with van der Waals surface area (Å²) in [7, 11) is 0. The van der Waals surface area contributed by atoms with Crippen molar-refractivity contribution in [1.29, 1.82) is 0 Å². The van der Waals surface area contributed by atoms with E-state index in [4.69, 9.17) is 0 Å². The minimum atomic E-state index is 0.748. The van der Waals surface area contributed by atoms with Crippen LogP contribution in [0.1, 0.15) is 21.5 Å². The van der Waals surface area contributed by atoms with E-state index >= 15 is 0 Å². The Bertz CT molecular complexity index is 546. The molecule has 0 aromatic heterocycles. The molecule has 0 aliphatic rings. The Labute approximate surface area is 106 Å². The van der Waals surface area contributed by atoms with Gasteiger partial charge in [-0.15, -0.1) is 0 Å². The van der Waals surface area contributed by atoms with Crippen molar-refractivity contribution in [3.8, 4) is 0 Å². The van der Waals surface area contributed by atoms with Crippen LogP contribution in [-0.2, 0) is 0 Å². The lowest BCUT2D eigenvalue weighted by molar-refractivity contribution is 0.112. The zero-order chi connectivity index (χ0) is 12.3. The second kappa shape index (κ2) is 5.19. The number of hydrogen-bond donors (Lipinski definition) is 0. The maximum Gasteiger partial charge on any atom is 0.151 e. The lowest BCUT2D eigenvalue weighted by Gasteiger charge is -2.08. The molecule has 0 spiro atoms. The molecule has 0 fully saturated rings. The maximum absolute atomic E-state index is 10.9. The number of benzene rings is 2. The van der Waals surface area contributed by atoms with Crippen LogP contribution in [0.3, 0.4) is 0 Å². The Kier molecular flexibility index (Phi) is 3.64. The second-order valence-corrected chi connectivity index (χ2v) is 5.11. The minimum Gasteiger partial charge on any atom is -0.298 e. The molecule has 0 N–H and O–H groups in total. The maximum atomic E-state index is 10.9. The third-order valence-electron chi connectivity index (χ3n) is 2.60. The summed E-state index contributed by atoms with van der Waals surface area (Å²) in [5.74, 6) is 0. The minimum absolute atomic E-state index is 0.748. The number of carbonyl (C=O) groups excluding carboxylic acids is 1. The van der Waals surface area contributed by atoms with Gasteiger partial charge in [-0.05, 0) is 31.5 Å². The number of aryl methyl sites for hydroxylation is 2. The van der Waals surface area contributed by atoms with Gasteiger partial charge in [-0.3, -0.25) is 4.79 Å². The van der Waals surface area contributed by atoms with Crippen molar-refractivity contribution in [1.82, 2.24) is 0 Å². The van der Waals surface area contributed by atoms with Crippen molar-refractivity contribution in [2.75, 3.05) is 0 Å². The highest BCUT2D eigenvalue weighted by molar-refractivity contribution is 7.99. The van der Waals surface area contributed by atoms with Gasteiger partial charge in [0.15, 0.2) is 6.29 Å². The predicted octanol–water partition coefficient (Wildman–Crippen LogP) is 4.27. The first-order valence-electron chi connectivity index (χ1n) is 5.50. The highest BCUT2D eigenvalue weighted by Crippen LogP contribution is 2.32. The molecule has 0 aliphatic heterocycles. The molecule has 0 atom stereocenters. The Morgan fingerprint density at radius 1 is 1.00 bits per heavy atom. The molecule has 0 amide bonds. The fourth-order valence-corrected chi connectivity index (χ4v) is 2.68. The monoisotopic (exact) mass is 242 g/mol. The molecule has 2 rings (SSSR count). The van der Waals surface area contributed by atoms with E-state index in [1.165, 1.54) is 16.0 Å². The summed E-state index contributed by atoms with van der Waals surface area (Å²) >= 11 is 1.64. The van der Waals surface area contributed by atoms with Gasteiger partial charge in [0.25, 0.3) is 0 Å². The predicted molar refractivity (Wildman–Crippen MR) is 71.9 cm³/mol. The average Bonchev–Trinajstić information content (AvgIpc) is 2.33. The van der Waals surface area contributed by atoms with Crippen LogP contribution >= 0.6 is 11.8 Å². The van der Waals surface area contributed by atoms with Crippen LogP contribution in [0.2, 0.25) is 0 Å². The lowest BCUT2D eigenvalue weighted by Crippen LogP contribution is -1.86. The molecule has 86 valence electrons. The van der Waals surface area contributed by atoms with Gasteiger partial charge in [0.2, 0.25) is 0 Å². The third-order valence-corrected chi connectivity index (χ3v) is 3.87. The molecule has 0 radical (unpaired) electrons. The summed E-state index contributed by atoms with van der Waals surface area (Å²) in [5, 5.41) is 0. The van der Waals surface area contributed by atoms with Crippen molar-refractivity contribution in [2.24, 2.45) is 0 Å². The molecule has 2 heteroatoms. The van der Waals surface area contributed by atoms with Gasteiger partial charge >= 0.3 is 0 Å². The summed E-state index contributed by atoms with van der Waals surface area (Å²) in [4.78, 5) is 13.2. The number of carbonyl (C=O) groups is 1. The van der Waals surface area contributed by atoms with Crippen LogP contribution in [0, 0.1) is 13.8 Å². The number of aldehydes is 1. The summed E-state index contributed by atoms with van der Waals surface area (Å²) in [6, 6.07) is 14.0. The molecule has 0 saturated heterocycles. The highest BCUT2D eigenvalue weighted by atomic mass is 32.2. The van der Waals surface area contributed by atoms with Gasteiger partial charge < -0.3 is 0 Å². The van der Waals surface area contributed by atoms with E-state index in [1.807, 2.05) is 24.3 Å². The summed E-state index contributed by atoms with van der Waals surface area (Å²) in [5.41, 5.74) is 3.25. The van der Waals surface area contributed by atoms with Crippen LogP contribution in [0.5, 0.6) is 0 Å². The quantitative estimate of drug-likeness (QED) is 0.748. The first kappa shape index (κ1) is 11.9. The van der Waals surface area contributed by atoms with Crippen LogP contribution in [0.4, 0.5) is 0 Å². The topological polar surface area (TPSA) is 17.1 Å². The van der Waals surface area contributed by atoms with Crippen molar-refractivity contribution in [3.05, 3.63) is 59.2 Å². The van der Waals surface area contributed by atoms with Gasteiger partial charge in [0.1, 0.15) is 0 Å². The Morgan fingerprint density at radius 3 is 2.47 bits per heavy atom. The first-order valence-corrected chi connectivity index (χ1v) is 6.31. The van der Waals surface area contributed by atoms with E-state index in [0.29, 0.717) is 0 Å². The summed E-state index contributed by atoms with van der Waals surface area (Å²) in [6.07, 6.45) is 0.909. The van der Waals surface area contributed by atoms with Crippen LogP contribution < -0.4 is 0 Å². The molecule has 0 aliphatic carbocycles.